The van der Waals surface area contributed by atoms with Crippen molar-refractivity contribution in [3.63, 3.8) is 0 Å². The molecule has 0 atom stereocenters. The Morgan fingerprint density at radius 3 is 2.65 bits per heavy atom. The molecule has 0 radical (unpaired) electrons. The summed E-state index contributed by atoms with van der Waals surface area (Å²) in [7, 11) is 1.59. The maximum absolute atomic E-state index is 11.5. The van der Waals surface area contributed by atoms with Gasteiger partial charge in [-0.05, 0) is 22.9 Å². The number of nitrogen functional groups attached to an aromatic ring is 1. The van der Waals surface area contributed by atoms with Gasteiger partial charge in [-0.15, -0.1) is 0 Å². The van der Waals surface area contributed by atoms with Crippen LogP contribution in [0.2, 0.25) is 0 Å². The molecule has 0 unspecified atom stereocenters. The molecule has 3 aromatic rings. The molecule has 0 fully saturated rings. The fourth-order valence-electron chi connectivity index (χ4n) is 2.56. The largest absolute Gasteiger partial charge is 0.496 e. The van der Waals surface area contributed by atoms with Gasteiger partial charge in [-0.3, -0.25) is 10.2 Å². The highest BCUT2D eigenvalue weighted by atomic mass is 16.5. The number of carbonyl (C=O) groups is 1. The van der Waals surface area contributed by atoms with Crippen molar-refractivity contribution in [2.45, 2.75) is 6.92 Å². The molecule has 0 spiro atoms. The number of carbonyl (C=O) groups excluding carboxylic acids is 1. The lowest BCUT2D eigenvalue weighted by atomic mass is 9.97. The Morgan fingerprint density at radius 1 is 1.30 bits per heavy atom. The number of nitrogens with two attached hydrogens (primary N) is 1. The predicted molar refractivity (Wildman–Crippen MR) is 89.0 cm³/mol. The van der Waals surface area contributed by atoms with Crippen molar-refractivity contribution in [1.29, 1.82) is 5.41 Å². The van der Waals surface area contributed by atoms with Crippen LogP contribution in [0.25, 0.3) is 21.9 Å². The summed E-state index contributed by atoms with van der Waals surface area (Å²) in [4.78, 5) is 11.5. The molecule has 23 heavy (non-hydrogen) atoms. The van der Waals surface area contributed by atoms with E-state index in [4.69, 9.17) is 15.9 Å². The molecule has 2 aromatic carbocycles. The summed E-state index contributed by atoms with van der Waals surface area (Å²) in [6.45, 7) is 1.45. The minimum absolute atomic E-state index is 0.0000935. The first-order valence-corrected chi connectivity index (χ1v) is 7.02. The topological polar surface area (TPSA) is 94.0 Å². The Balaban J connectivity index is 2.32. The smallest absolute Gasteiger partial charge is 0.243 e. The van der Waals surface area contributed by atoms with E-state index in [0.717, 1.165) is 21.9 Å². The Morgan fingerprint density at radius 2 is 2.04 bits per heavy atom. The van der Waals surface area contributed by atoms with Gasteiger partial charge in [-0.1, -0.05) is 18.2 Å². The third kappa shape index (κ3) is 2.55. The van der Waals surface area contributed by atoms with Crippen LogP contribution in [0.1, 0.15) is 17.3 Å². The number of amidine groups is 1. The molecule has 0 saturated heterocycles. The number of ether oxygens (including phenoxy) is 1. The third-order valence-corrected chi connectivity index (χ3v) is 3.71. The van der Waals surface area contributed by atoms with Crippen molar-refractivity contribution < 1.29 is 9.53 Å². The summed E-state index contributed by atoms with van der Waals surface area (Å²) in [5.74, 6) is 0.501. The van der Waals surface area contributed by atoms with Gasteiger partial charge in [0.05, 0.1) is 13.3 Å². The van der Waals surface area contributed by atoms with E-state index < -0.39 is 0 Å². The zero-order chi connectivity index (χ0) is 16.6. The Labute approximate surface area is 133 Å². The van der Waals surface area contributed by atoms with E-state index in [0.29, 0.717) is 11.3 Å². The normalized spacial score (nSPS) is 10.7. The van der Waals surface area contributed by atoms with Gasteiger partial charge in [0.1, 0.15) is 11.6 Å². The molecular formula is C17H16N4O2. The number of aromatic nitrogens is 2. The molecule has 0 aliphatic rings. The number of nitrogens with zero attached hydrogens (tertiary/aromatic N) is 2. The van der Waals surface area contributed by atoms with Crippen LogP contribution in [0.3, 0.4) is 0 Å². The van der Waals surface area contributed by atoms with E-state index in [1.165, 1.54) is 11.6 Å². The number of rotatable bonds is 3. The number of hydrogen-bond acceptors (Lipinski definition) is 4. The fourth-order valence-corrected chi connectivity index (χ4v) is 2.56. The lowest BCUT2D eigenvalue weighted by molar-refractivity contribution is 0.0921. The van der Waals surface area contributed by atoms with E-state index in [9.17, 15) is 4.79 Å². The lowest BCUT2D eigenvalue weighted by Gasteiger charge is -2.12. The first kappa shape index (κ1) is 14.8. The van der Waals surface area contributed by atoms with E-state index in [1.807, 2.05) is 24.3 Å². The van der Waals surface area contributed by atoms with Gasteiger partial charge in [0.25, 0.3) is 0 Å². The SMILES string of the molecule is COc1ccc2ccc(C(=N)N)cc2c1-c1cnn(C(C)=O)c1. The lowest BCUT2D eigenvalue weighted by Crippen LogP contribution is -2.10. The highest BCUT2D eigenvalue weighted by Crippen LogP contribution is 2.37. The van der Waals surface area contributed by atoms with Crippen LogP contribution in [-0.4, -0.2) is 28.6 Å². The molecule has 0 aliphatic heterocycles. The van der Waals surface area contributed by atoms with Crippen LogP contribution < -0.4 is 10.5 Å². The van der Waals surface area contributed by atoms with E-state index in [-0.39, 0.29) is 11.7 Å². The molecule has 0 aliphatic carbocycles. The van der Waals surface area contributed by atoms with Gasteiger partial charge in [-0.2, -0.15) is 5.10 Å². The van der Waals surface area contributed by atoms with Gasteiger partial charge >= 0.3 is 0 Å². The van der Waals surface area contributed by atoms with Crippen molar-refractivity contribution >= 4 is 22.5 Å². The van der Waals surface area contributed by atoms with Crippen molar-refractivity contribution in [3.05, 3.63) is 48.3 Å². The Kier molecular flexibility index (Phi) is 3.57. The fraction of sp³-hybridized carbons (Fsp3) is 0.118. The summed E-state index contributed by atoms with van der Waals surface area (Å²) in [6, 6.07) is 9.37. The first-order chi connectivity index (χ1) is 11.0. The van der Waals surface area contributed by atoms with E-state index in [1.54, 1.807) is 25.6 Å². The monoisotopic (exact) mass is 308 g/mol. The molecule has 6 heteroatoms. The maximum atomic E-state index is 11.5. The van der Waals surface area contributed by atoms with Crippen LogP contribution >= 0.6 is 0 Å². The molecule has 1 heterocycles. The zero-order valence-corrected chi connectivity index (χ0v) is 12.8. The van der Waals surface area contributed by atoms with Crippen LogP contribution in [-0.2, 0) is 0 Å². The van der Waals surface area contributed by atoms with Crippen molar-refractivity contribution in [2.75, 3.05) is 7.11 Å². The minimum Gasteiger partial charge on any atom is -0.496 e. The summed E-state index contributed by atoms with van der Waals surface area (Å²) < 4.78 is 6.75. The first-order valence-electron chi connectivity index (χ1n) is 7.02. The summed E-state index contributed by atoms with van der Waals surface area (Å²) in [6.07, 6.45) is 3.29. The highest BCUT2D eigenvalue weighted by molar-refractivity contribution is 6.05. The summed E-state index contributed by atoms with van der Waals surface area (Å²) in [5, 5.41) is 13.6. The molecule has 116 valence electrons. The second-order valence-corrected chi connectivity index (χ2v) is 5.19. The van der Waals surface area contributed by atoms with Crippen LogP contribution in [0.15, 0.2) is 42.7 Å². The quantitative estimate of drug-likeness (QED) is 0.574. The highest BCUT2D eigenvalue weighted by Gasteiger charge is 2.14. The van der Waals surface area contributed by atoms with Gasteiger partial charge in [-0.25, -0.2) is 4.68 Å². The summed E-state index contributed by atoms with van der Waals surface area (Å²) in [5.41, 5.74) is 7.82. The average Bonchev–Trinajstić information content (AvgIpc) is 3.02. The number of methoxy groups -OCH3 is 1. The average molecular weight is 308 g/mol. The minimum atomic E-state index is -0.167. The number of fused-ring (bicyclic) bond motifs is 1. The second kappa shape index (κ2) is 5.57. The summed E-state index contributed by atoms with van der Waals surface area (Å²) >= 11 is 0. The molecule has 0 bridgehead atoms. The van der Waals surface area contributed by atoms with E-state index in [2.05, 4.69) is 5.10 Å². The standard InChI is InChI=1S/C17H16N4O2/c1-10(22)21-9-13(8-20-21)16-14-7-12(17(18)19)4-3-11(14)5-6-15(16)23-2/h3-9H,1-2H3,(H3,18,19). The van der Waals surface area contributed by atoms with Gasteiger partial charge in [0.15, 0.2) is 0 Å². The molecule has 1 aromatic heterocycles. The second-order valence-electron chi connectivity index (χ2n) is 5.19. The molecule has 6 nitrogen and oxygen atoms in total. The number of benzene rings is 2. The van der Waals surface area contributed by atoms with Crippen molar-refractivity contribution in [3.8, 4) is 16.9 Å². The van der Waals surface area contributed by atoms with Crippen LogP contribution in [0.5, 0.6) is 5.75 Å². The third-order valence-electron chi connectivity index (χ3n) is 3.71. The zero-order valence-electron chi connectivity index (χ0n) is 12.8. The van der Waals surface area contributed by atoms with Crippen molar-refractivity contribution in [1.82, 2.24) is 9.78 Å². The van der Waals surface area contributed by atoms with Crippen LogP contribution in [0, 0.1) is 5.41 Å². The Hall–Kier alpha value is -3.15. The molecule has 0 saturated carbocycles. The van der Waals surface area contributed by atoms with Crippen LogP contribution in [0.4, 0.5) is 0 Å². The van der Waals surface area contributed by atoms with Crippen molar-refractivity contribution in [2.24, 2.45) is 5.73 Å². The van der Waals surface area contributed by atoms with Gasteiger partial charge < -0.3 is 10.5 Å². The van der Waals surface area contributed by atoms with E-state index >= 15 is 0 Å². The van der Waals surface area contributed by atoms with Gasteiger partial charge in [0.2, 0.25) is 5.91 Å². The number of nitrogens with one attached hydrogen (secondary N) is 1. The molecular weight excluding hydrogens is 292 g/mol. The Bertz CT molecular complexity index is 927. The molecule has 3 N–H and O–H groups in total. The molecule has 0 amide bonds. The maximum Gasteiger partial charge on any atom is 0.243 e. The molecule has 3 rings (SSSR count). The van der Waals surface area contributed by atoms with Gasteiger partial charge in [0, 0.05) is 29.8 Å². The predicted octanol–water partition coefficient (Wildman–Crippen LogP) is 2.66. The number of hydrogen-bond donors (Lipinski definition) is 2.